The van der Waals surface area contributed by atoms with Crippen LogP contribution in [0.15, 0.2) is 30.3 Å². The first kappa shape index (κ1) is 16.0. The summed E-state index contributed by atoms with van der Waals surface area (Å²) in [5, 5.41) is 10.1. The van der Waals surface area contributed by atoms with E-state index in [0.717, 1.165) is 6.42 Å². The van der Waals surface area contributed by atoms with Crippen molar-refractivity contribution in [3.63, 3.8) is 0 Å². The number of halogens is 1. The van der Waals surface area contributed by atoms with Gasteiger partial charge >= 0.3 is 5.97 Å². The van der Waals surface area contributed by atoms with Gasteiger partial charge in [-0.3, -0.25) is 0 Å². The molecule has 1 aromatic rings. The predicted molar refractivity (Wildman–Crippen MR) is 76.1 cm³/mol. The molecule has 0 saturated carbocycles. The van der Waals surface area contributed by atoms with Crippen molar-refractivity contribution in [2.24, 2.45) is 5.92 Å². The number of benzene rings is 1. The van der Waals surface area contributed by atoms with Crippen molar-refractivity contribution in [3.05, 3.63) is 35.9 Å². The molecule has 0 aliphatic rings. The summed E-state index contributed by atoms with van der Waals surface area (Å²) >= 11 is 6.30. The average molecular weight is 285 g/mol. The minimum atomic E-state index is -1.39. The number of ether oxygens (including phenoxy) is 1. The Morgan fingerprint density at radius 1 is 1.37 bits per heavy atom. The van der Waals surface area contributed by atoms with E-state index in [1.54, 1.807) is 19.1 Å². The van der Waals surface area contributed by atoms with Gasteiger partial charge in [0.2, 0.25) is 0 Å². The molecule has 1 rings (SSSR count). The Hall–Kier alpha value is -1.06. The lowest BCUT2D eigenvalue weighted by Crippen LogP contribution is -2.39. The zero-order chi connectivity index (χ0) is 14.5. The van der Waals surface area contributed by atoms with Crippen LogP contribution in [0.1, 0.15) is 32.8 Å². The van der Waals surface area contributed by atoms with E-state index in [2.05, 4.69) is 0 Å². The largest absolute Gasteiger partial charge is 0.464 e. The minimum Gasteiger partial charge on any atom is -0.464 e. The molecule has 0 aromatic heterocycles. The molecule has 0 heterocycles. The molecule has 19 heavy (non-hydrogen) atoms. The van der Waals surface area contributed by atoms with Gasteiger partial charge in [0.05, 0.1) is 6.61 Å². The Morgan fingerprint density at radius 2 is 1.95 bits per heavy atom. The van der Waals surface area contributed by atoms with Crippen molar-refractivity contribution >= 4 is 17.6 Å². The first-order chi connectivity index (χ1) is 8.85. The third-order valence-electron chi connectivity index (χ3n) is 3.01. The summed E-state index contributed by atoms with van der Waals surface area (Å²) < 4.78 is 5.05. The van der Waals surface area contributed by atoms with Gasteiger partial charge in [-0.2, -0.15) is 0 Å². The Morgan fingerprint density at radius 3 is 2.47 bits per heavy atom. The third kappa shape index (κ3) is 4.51. The van der Waals surface area contributed by atoms with Crippen LogP contribution < -0.4 is 0 Å². The highest BCUT2D eigenvalue weighted by Gasteiger charge is 2.38. The fourth-order valence-electron chi connectivity index (χ4n) is 1.62. The highest BCUT2D eigenvalue weighted by molar-refractivity contribution is 6.25. The van der Waals surface area contributed by atoms with Gasteiger partial charge in [-0.1, -0.05) is 44.2 Å². The van der Waals surface area contributed by atoms with Crippen LogP contribution in [0.5, 0.6) is 0 Å². The number of hydrogen-bond acceptors (Lipinski definition) is 3. The summed E-state index contributed by atoms with van der Waals surface area (Å²) in [6.07, 6.45) is -0.619. The van der Waals surface area contributed by atoms with Gasteiger partial charge in [-0.15, -0.1) is 11.6 Å². The number of carbonyl (C=O) groups is 1. The molecule has 1 aromatic carbocycles. The summed E-state index contributed by atoms with van der Waals surface area (Å²) in [4.78, 5) is 10.6. The van der Waals surface area contributed by atoms with Gasteiger partial charge in [-0.25, -0.2) is 4.79 Å². The van der Waals surface area contributed by atoms with Crippen molar-refractivity contribution in [3.8, 4) is 0 Å². The van der Waals surface area contributed by atoms with Gasteiger partial charge in [0.1, 0.15) is 4.87 Å². The molecule has 2 atom stereocenters. The summed E-state index contributed by atoms with van der Waals surface area (Å²) in [5.74, 6) is -0.233. The second-order valence-corrected chi connectivity index (χ2v) is 5.98. The van der Waals surface area contributed by atoms with Gasteiger partial charge in [0.25, 0.3) is 0 Å². The van der Waals surface area contributed by atoms with Crippen LogP contribution in [-0.4, -0.2) is 23.8 Å². The van der Waals surface area contributed by atoms with Crippen molar-refractivity contribution in [1.29, 1.82) is 0 Å². The molecule has 0 bridgehead atoms. The van der Waals surface area contributed by atoms with E-state index in [1.165, 1.54) is 0 Å². The van der Waals surface area contributed by atoms with Crippen molar-refractivity contribution in [1.82, 2.24) is 0 Å². The van der Waals surface area contributed by atoms with E-state index in [4.69, 9.17) is 16.3 Å². The van der Waals surface area contributed by atoms with E-state index in [0.29, 0.717) is 18.1 Å². The van der Waals surface area contributed by atoms with Crippen molar-refractivity contribution in [2.45, 2.75) is 38.2 Å². The molecule has 0 radical (unpaired) electrons. The van der Waals surface area contributed by atoms with Crippen LogP contribution in [0.2, 0.25) is 0 Å². The lowest BCUT2D eigenvalue weighted by atomic mass is 9.94. The van der Waals surface area contributed by atoms with Crippen molar-refractivity contribution in [2.75, 3.05) is 6.61 Å². The maximum atomic E-state index is 11.8. The number of alkyl halides is 1. The van der Waals surface area contributed by atoms with Gasteiger partial charge in [0, 0.05) is 0 Å². The third-order valence-corrected chi connectivity index (χ3v) is 3.44. The second kappa shape index (κ2) is 6.92. The first-order valence-electron chi connectivity index (χ1n) is 6.45. The average Bonchev–Trinajstić information content (AvgIpc) is 2.38. The van der Waals surface area contributed by atoms with E-state index < -0.39 is 16.9 Å². The molecule has 3 nitrogen and oxygen atoms in total. The Labute approximate surface area is 119 Å². The number of aliphatic hydroxyl groups is 1. The lowest BCUT2D eigenvalue weighted by Gasteiger charge is -2.27. The summed E-state index contributed by atoms with van der Waals surface area (Å²) in [5.41, 5.74) is 0.685. The molecule has 4 heteroatoms. The van der Waals surface area contributed by atoms with Crippen LogP contribution >= 0.6 is 11.6 Å². The van der Waals surface area contributed by atoms with E-state index in [9.17, 15) is 9.90 Å². The molecular formula is C15H21ClO3. The molecular weight excluding hydrogens is 264 g/mol. The molecule has 0 spiro atoms. The van der Waals surface area contributed by atoms with E-state index in [1.807, 2.05) is 32.0 Å². The van der Waals surface area contributed by atoms with Crippen LogP contribution in [0.3, 0.4) is 0 Å². The van der Waals surface area contributed by atoms with Crippen LogP contribution in [0, 0.1) is 5.92 Å². The molecule has 2 unspecified atom stereocenters. The molecule has 0 saturated heterocycles. The standard InChI is InChI=1S/C15H21ClO3/c1-11(2)9-10-19-14(18)13(17)15(3,16)12-7-5-4-6-8-12/h4-8,11,13,17H,9-10H2,1-3H3. The highest BCUT2D eigenvalue weighted by Crippen LogP contribution is 2.32. The normalized spacial score (nSPS) is 15.9. The summed E-state index contributed by atoms with van der Waals surface area (Å²) in [6.45, 7) is 5.99. The molecule has 0 aliphatic carbocycles. The smallest absolute Gasteiger partial charge is 0.337 e. The Bertz CT molecular complexity index is 401. The number of aliphatic hydroxyl groups excluding tert-OH is 1. The van der Waals surface area contributed by atoms with E-state index >= 15 is 0 Å². The van der Waals surface area contributed by atoms with E-state index in [-0.39, 0.29) is 0 Å². The molecule has 0 amide bonds. The van der Waals surface area contributed by atoms with Crippen LogP contribution in [-0.2, 0) is 14.4 Å². The fourth-order valence-corrected chi connectivity index (χ4v) is 1.83. The predicted octanol–water partition coefficient (Wildman–Crippen LogP) is 3.09. The van der Waals surface area contributed by atoms with Gasteiger partial charge in [-0.05, 0) is 24.8 Å². The van der Waals surface area contributed by atoms with Gasteiger partial charge < -0.3 is 9.84 Å². The number of carbonyl (C=O) groups excluding carboxylic acids is 1. The summed E-state index contributed by atoms with van der Waals surface area (Å²) in [7, 11) is 0. The van der Waals surface area contributed by atoms with Gasteiger partial charge in [0.15, 0.2) is 6.10 Å². The second-order valence-electron chi connectivity index (χ2n) is 5.19. The molecule has 106 valence electrons. The minimum absolute atomic E-state index is 0.301. The fraction of sp³-hybridized carbons (Fsp3) is 0.533. The molecule has 1 N–H and O–H groups in total. The number of rotatable bonds is 6. The SMILES string of the molecule is CC(C)CCOC(=O)C(O)C(C)(Cl)c1ccccc1. The summed E-state index contributed by atoms with van der Waals surface area (Å²) in [6, 6.07) is 9.03. The maximum absolute atomic E-state index is 11.8. The highest BCUT2D eigenvalue weighted by atomic mass is 35.5. The van der Waals surface area contributed by atoms with Crippen LogP contribution in [0.25, 0.3) is 0 Å². The number of esters is 1. The zero-order valence-corrected chi connectivity index (χ0v) is 12.4. The lowest BCUT2D eigenvalue weighted by molar-refractivity contribution is -0.155. The Kier molecular flexibility index (Phi) is 5.83. The molecule has 0 fully saturated rings. The quantitative estimate of drug-likeness (QED) is 0.645. The molecule has 0 aliphatic heterocycles. The zero-order valence-electron chi connectivity index (χ0n) is 11.6. The monoisotopic (exact) mass is 284 g/mol. The maximum Gasteiger partial charge on any atom is 0.337 e. The Balaban J connectivity index is 2.65. The van der Waals surface area contributed by atoms with Crippen LogP contribution in [0.4, 0.5) is 0 Å². The number of hydrogen-bond donors (Lipinski definition) is 1. The first-order valence-corrected chi connectivity index (χ1v) is 6.82. The topological polar surface area (TPSA) is 46.5 Å². The van der Waals surface area contributed by atoms with Crippen molar-refractivity contribution < 1.29 is 14.6 Å².